The van der Waals surface area contributed by atoms with Crippen molar-refractivity contribution >= 4 is 0 Å². The molecule has 0 saturated heterocycles. The fourth-order valence-electron chi connectivity index (χ4n) is 3.74. The first-order valence-electron chi connectivity index (χ1n) is 7.62. The van der Waals surface area contributed by atoms with Gasteiger partial charge < -0.3 is 10.1 Å². The number of fused-ring (bicyclic) bond motifs is 1. The Labute approximate surface area is 116 Å². The van der Waals surface area contributed by atoms with E-state index >= 15 is 0 Å². The summed E-state index contributed by atoms with van der Waals surface area (Å²) >= 11 is 0. The lowest BCUT2D eigenvalue weighted by Crippen LogP contribution is -2.34. The maximum atomic E-state index is 5.37. The maximum Gasteiger partial charge on any atom is 0.119 e. The summed E-state index contributed by atoms with van der Waals surface area (Å²) in [4.78, 5) is 0. The number of rotatable bonds is 3. The molecule has 0 heterocycles. The summed E-state index contributed by atoms with van der Waals surface area (Å²) in [6, 6.07) is 7.76. The predicted molar refractivity (Wildman–Crippen MR) is 78.5 cm³/mol. The van der Waals surface area contributed by atoms with Crippen molar-refractivity contribution in [3.05, 3.63) is 29.3 Å². The summed E-state index contributed by atoms with van der Waals surface area (Å²) < 4.78 is 5.37. The molecule has 2 nitrogen and oxygen atoms in total. The Bertz CT molecular complexity index is 457. The molecule has 1 N–H and O–H groups in total. The van der Waals surface area contributed by atoms with Crippen molar-refractivity contribution in [2.24, 2.45) is 11.8 Å². The molecule has 2 heteroatoms. The number of aryl methyl sites for hydroxylation is 1. The summed E-state index contributed by atoms with van der Waals surface area (Å²) in [5, 5.41) is 3.91. The summed E-state index contributed by atoms with van der Waals surface area (Å²) in [5.74, 6) is 2.65. The molecule has 1 saturated carbocycles. The SMILES string of the molecule is COc1ccc2c(c1)C(NC1CCC(C)C1C)CC2. The Balaban J connectivity index is 1.75. The maximum absolute atomic E-state index is 5.37. The van der Waals surface area contributed by atoms with Crippen molar-refractivity contribution in [1.29, 1.82) is 0 Å². The molecule has 3 rings (SSSR count). The van der Waals surface area contributed by atoms with Crippen LogP contribution >= 0.6 is 0 Å². The third kappa shape index (κ3) is 2.38. The highest BCUT2D eigenvalue weighted by Crippen LogP contribution is 2.37. The zero-order chi connectivity index (χ0) is 13.4. The van der Waals surface area contributed by atoms with Gasteiger partial charge in [-0.2, -0.15) is 0 Å². The molecular weight excluding hydrogens is 234 g/mol. The molecular formula is C17H25NO. The first kappa shape index (κ1) is 13.0. The van der Waals surface area contributed by atoms with Gasteiger partial charge in [0.2, 0.25) is 0 Å². The molecule has 0 aromatic heterocycles. The van der Waals surface area contributed by atoms with E-state index in [1.165, 1.54) is 36.8 Å². The first-order chi connectivity index (χ1) is 9.19. The van der Waals surface area contributed by atoms with Crippen molar-refractivity contribution in [1.82, 2.24) is 5.32 Å². The second-order valence-electron chi connectivity index (χ2n) is 6.34. The summed E-state index contributed by atoms with van der Waals surface area (Å²) in [6.45, 7) is 4.79. The molecule has 4 atom stereocenters. The molecule has 0 amide bonds. The Hall–Kier alpha value is -1.02. The molecule has 2 aliphatic carbocycles. The monoisotopic (exact) mass is 259 g/mol. The number of ether oxygens (including phenoxy) is 1. The van der Waals surface area contributed by atoms with Gasteiger partial charge in [0.05, 0.1) is 7.11 Å². The van der Waals surface area contributed by atoms with Crippen LogP contribution < -0.4 is 10.1 Å². The van der Waals surface area contributed by atoms with Crippen molar-refractivity contribution in [3.8, 4) is 5.75 Å². The fraction of sp³-hybridized carbons (Fsp3) is 0.647. The highest BCUT2D eigenvalue weighted by Gasteiger charge is 2.33. The van der Waals surface area contributed by atoms with Gasteiger partial charge in [-0.15, -0.1) is 0 Å². The molecule has 1 aromatic rings. The van der Waals surface area contributed by atoms with Gasteiger partial charge in [0.15, 0.2) is 0 Å². The second-order valence-corrected chi connectivity index (χ2v) is 6.34. The normalized spacial score (nSPS) is 33.4. The van der Waals surface area contributed by atoms with Crippen LogP contribution in [0.5, 0.6) is 5.75 Å². The minimum atomic E-state index is 0.530. The minimum absolute atomic E-state index is 0.530. The highest BCUT2D eigenvalue weighted by molar-refractivity contribution is 5.40. The van der Waals surface area contributed by atoms with E-state index in [4.69, 9.17) is 4.74 Å². The average Bonchev–Trinajstić information content (AvgIpc) is 2.97. The first-order valence-corrected chi connectivity index (χ1v) is 7.62. The summed E-state index contributed by atoms with van der Waals surface area (Å²) in [5.41, 5.74) is 2.96. The minimum Gasteiger partial charge on any atom is -0.497 e. The lowest BCUT2D eigenvalue weighted by molar-refractivity contribution is 0.337. The van der Waals surface area contributed by atoms with Crippen LogP contribution in [0.2, 0.25) is 0 Å². The molecule has 0 spiro atoms. The van der Waals surface area contributed by atoms with Gasteiger partial charge in [-0.1, -0.05) is 19.9 Å². The fourth-order valence-corrected chi connectivity index (χ4v) is 3.74. The van der Waals surface area contributed by atoms with Gasteiger partial charge in [-0.3, -0.25) is 0 Å². The lowest BCUT2D eigenvalue weighted by atomic mass is 9.96. The van der Waals surface area contributed by atoms with Crippen LogP contribution in [0, 0.1) is 11.8 Å². The quantitative estimate of drug-likeness (QED) is 0.893. The van der Waals surface area contributed by atoms with Gasteiger partial charge in [-0.05, 0) is 60.8 Å². The standard InChI is InChI=1S/C17H25NO/c1-11-4-8-16(12(11)2)18-17-9-6-13-5-7-14(19-3)10-15(13)17/h5,7,10-12,16-18H,4,6,8-9H2,1-3H3. The Morgan fingerprint density at radius 3 is 2.68 bits per heavy atom. The second kappa shape index (κ2) is 5.16. The van der Waals surface area contributed by atoms with Gasteiger partial charge in [0, 0.05) is 12.1 Å². The van der Waals surface area contributed by atoms with E-state index in [0.717, 1.165) is 17.6 Å². The molecule has 1 aromatic carbocycles. The average molecular weight is 259 g/mol. The van der Waals surface area contributed by atoms with Crippen molar-refractivity contribution < 1.29 is 4.74 Å². The third-order valence-electron chi connectivity index (χ3n) is 5.31. The highest BCUT2D eigenvalue weighted by atomic mass is 16.5. The number of hydrogen-bond acceptors (Lipinski definition) is 2. The number of benzene rings is 1. The summed E-state index contributed by atoms with van der Waals surface area (Å²) in [7, 11) is 1.75. The lowest BCUT2D eigenvalue weighted by Gasteiger charge is -2.24. The van der Waals surface area contributed by atoms with Crippen LogP contribution in [-0.2, 0) is 6.42 Å². The van der Waals surface area contributed by atoms with Gasteiger partial charge in [0.1, 0.15) is 5.75 Å². The van der Waals surface area contributed by atoms with Gasteiger partial charge in [0.25, 0.3) is 0 Å². The van der Waals surface area contributed by atoms with E-state index in [9.17, 15) is 0 Å². The molecule has 19 heavy (non-hydrogen) atoms. The molecule has 4 unspecified atom stereocenters. The molecule has 0 radical (unpaired) electrons. The van der Waals surface area contributed by atoms with Crippen LogP contribution in [0.4, 0.5) is 0 Å². The van der Waals surface area contributed by atoms with E-state index in [2.05, 4.69) is 37.4 Å². The van der Waals surface area contributed by atoms with Gasteiger partial charge in [-0.25, -0.2) is 0 Å². The summed E-state index contributed by atoms with van der Waals surface area (Å²) in [6.07, 6.45) is 5.14. The molecule has 104 valence electrons. The topological polar surface area (TPSA) is 21.3 Å². The number of methoxy groups -OCH3 is 1. The Kier molecular flexibility index (Phi) is 3.53. The Morgan fingerprint density at radius 1 is 1.16 bits per heavy atom. The molecule has 1 fully saturated rings. The molecule has 0 bridgehead atoms. The van der Waals surface area contributed by atoms with Crippen LogP contribution in [0.3, 0.4) is 0 Å². The third-order valence-corrected chi connectivity index (χ3v) is 5.31. The number of hydrogen-bond donors (Lipinski definition) is 1. The predicted octanol–water partition coefficient (Wildman–Crippen LogP) is 3.71. The zero-order valence-electron chi connectivity index (χ0n) is 12.3. The van der Waals surface area contributed by atoms with Crippen LogP contribution in [0.15, 0.2) is 18.2 Å². The zero-order valence-corrected chi connectivity index (χ0v) is 12.3. The van der Waals surface area contributed by atoms with Crippen LogP contribution in [0.1, 0.15) is 50.3 Å². The van der Waals surface area contributed by atoms with Crippen molar-refractivity contribution in [2.75, 3.05) is 7.11 Å². The van der Waals surface area contributed by atoms with Crippen LogP contribution in [0.25, 0.3) is 0 Å². The van der Waals surface area contributed by atoms with Gasteiger partial charge >= 0.3 is 0 Å². The smallest absolute Gasteiger partial charge is 0.119 e. The molecule has 2 aliphatic rings. The van der Waals surface area contributed by atoms with E-state index in [-0.39, 0.29) is 0 Å². The van der Waals surface area contributed by atoms with E-state index in [1.807, 2.05) is 0 Å². The Morgan fingerprint density at radius 2 is 2.00 bits per heavy atom. The van der Waals surface area contributed by atoms with E-state index in [1.54, 1.807) is 7.11 Å². The van der Waals surface area contributed by atoms with E-state index < -0.39 is 0 Å². The van der Waals surface area contributed by atoms with Crippen molar-refractivity contribution in [3.63, 3.8) is 0 Å². The van der Waals surface area contributed by atoms with Crippen LogP contribution in [-0.4, -0.2) is 13.2 Å². The largest absolute Gasteiger partial charge is 0.497 e. The molecule has 0 aliphatic heterocycles. The van der Waals surface area contributed by atoms with E-state index in [0.29, 0.717) is 12.1 Å². The number of nitrogens with one attached hydrogen (secondary N) is 1. The van der Waals surface area contributed by atoms with Crippen molar-refractivity contribution in [2.45, 2.75) is 51.6 Å².